The first-order chi connectivity index (χ1) is 14.1. The van der Waals surface area contributed by atoms with Crippen molar-refractivity contribution >= 4 is 17.5 Å². The molecule has 0 N–H and O–H groups in total. The molecule has 0 spiro atoms. The van der Waals surface area contributed by atoms with Gasteiger partial charge in [0.25, 0.3) is 0 Å². The van der Waals surface area contributed by atoms with Crippen molar-refractivity contribution in [1.82, 2.24) is 14.8 Å². The molecule has 0 radical (unpaired) electrons. The van der Waals surface area contributed by atoms with E-state index in [0.29, 0.717) is 34.6 Å². The minimum Gasteiger partial charge on any atom is -0.497 e. The van der Waals surface area contributed by atoms with Crippen LogP contribution in [0.25, 0.3) is 5.69 Å². The number of nitrogens with zero attached hydrogens (tertiary/aromatic N) is 3. The van der Waals surface area contributed by atoms with E-state index in [1.54, 1.807) is 61.1 Å². The number of Topliss-reactive ketones (excluding diaryl/α,β-unsaturated/α-hetero) is 1. The van der Waals surface area contributed by atoms with Crippen LogP contribution in [0.5, 0.6) is 11.5 Å². The number of ketones is 1. The lowest BCUT2D eigenvalue weighted by molar-refractivity contribution is -0.117. The number of rotatable bonds is 10. The molecule has 2 aromatic carbocycles. The van der Waals surface area contributed by atoms with Crippen LogP contribution in [0.2, 0.25) is 0 Å². The second-order valence-electron chi connectivity index (χ2n) is 6.30. The number of halogens is 1. The Hall–Kier alpha value is -2.87. The highest BCUT2D eigenvalue weighted by atomic mass is 32.2. The molecule has 6 nitrogen and oxygen atoms in total. The molecule has 152 valence electrons. The van der Waals surface area contributed by atoms with Gasteiger partial charge in [-0.05, 0) is 49.7 Å². The predicted molar refractivity (Wildman–Crippen MR) is 109 cm³/mol. The standard InChI is InChI=1S/C21H22FN3O3S/c1-15(26)6-5-13-29-21-24-23-20(25(21)19-8-4-3-7-18(19)22)14-28-17-11-9-16(27-2)10-12-17/h3-4,7-12H,5-6,13-14H2,1-2H3. The number of carbonyl (C=O) groups excluding carboxylic acids is 1. The summed E-state index contributed by atoms with van der Waals surface area (Å²) in [7, 11) is 1.60. The summed E-state index contributed by atoms with van der Waals surface area (Å²) in [6, 6.07) is 13.6. The molecule has 0 bridgehead atoms. The highest BCUT2D eigenvalue weighted by molar-refractivity contribution is 7.99. The van der Waals surface area contributed by atoms with Gasteiger partial charge < -0.3 is 14.3 Å². The van der Waals surface area contributed by atoms with Crippen molar-refractivity contribution in [1.29, 1.82) is 0 Å². The van der Waals surface area contributed by atoms with Gasteiger partial charge in [0.05, 0.1) is 12.8 Å². The van der Waals surface area contributed by atoms with Crippen LogP contribution in [-0.2, 0) is 11.4 Å². The molecule has 8 heteroatoms. The SMILES string of the molecule is COc1ccc(OCc2nnc(SCCCC(C)=O)n2-c2ccccc2F)cc1. The molecule has 0 aliphatic carbocycles. The molecule has 0 saturated carbocycles. The van der Waals surface area contributed by atoms with Crippen LogP contribution in [0.3, 0.4) is 0 Å². The summed E-state index contributed by atoms with van der Waals surface area (Å²) < 4.78 is 27.1. The fourth-order valence-electron chi connectivity index (χ4n) is 2.67. The second-order valence-corrected chi connectivity index (χ2v) is 7.37. The molecule has 0 amide bonds. The Morgan fingerprint density at radius 2 is 1.83 bits per heavy atom. The van der Waals surface area contributed by atoms with Gasteiger partial charge in [0.2, 0.25) is 0 Å². The molecule has 0 aliphatic heterocycles. The number of carbonyl (C=O) groups is 1. The van der Waals surface area contributed by atoms with E-state index in [0.717, 1.165) is 12.2 Å². The Morgan fingerprint density at radius 3 is 2.52 bits per heavy atom. The van der Waals surface area contributed by atoms with Crippen molar-refractivity contribution in [2.75, 3.05) is 12.9 Å². The topological polar surface area (TPSA) is 66.2 Å². The Balaban J connectivity index is 1.80. The predicted octanol–water partition coefficient (Wildman–Crippen LogP) is 4.46. The van der Waals surface area contributed by atoms with Crippen LogP contribution in [0.4, 0.5) is 4.39 Å². The molecule has 3 aromatic rings. The minimum atomic E-state index is -0.372. The lowest BCUT2D eigenvalue weighted by atomic mass is 10.3. The van der Waals surface area contributed by atoms with Crippen LogP contribution < -0.4 is 9.47 Å². The van der Waals surface area contributed by atoms with E-state index in [1.807, 2.05) is 0 Å². The van der Waals surface area contributed by atoms with E-state index < -0.39 is 0 Å². The number of benzene rings is 2. The maximum Gasteiger partial charge on any atom is 0.196 e. The van der Waals surface area contributed by atoms with Crippen LogP contribution in [0.15, 0.2) is 53.7 Å². The number of methoxy groups -OCH3 is 1. The van der Waals surface area contributed by atoms with E-state index >= 15 is 0 Å². The molecule has 0 saturated heterocycles. The van der Waals surface area contributed by atoms with Gasteiger partial charge in [0.15, 0.2) is 11.0 Å². The maximum absolute atomic E-state index is 14.5. The van der Waals surface area contributed by atoms with Gasteiger partial charge in [-0.1, -0.05) is 23.9 Å². The van der Waals surface area contributed by atoms with E-state index in [1.165, 1.54) is 17.8 Å². The van der Waals surface area contributed by atoms with Crippen LogP contribution in [0.1, 0.15) is 25.6 Å². The van der Waals surface area contributed by atoms with Crippen molar-refractivity contribution in [2.45, 2.75) is 31.5 Å². The second kappa shape index (κ2) is 10.1. The quantitative estimate of drug-likeness (QED) is 0.360. The van der Waals surface area contributed by atoms with Crippen molar-refractivity contribution < 1.29 is 18.7 Å². The van der Waals surface area contributed by atoms with Gasteiger partial charge in [-0.2, -0.15) is 0 Å². The smallest absolute Gasteiger partial charge is 0.196 e. The number of aromatic nitrogens is 3. The van der Waals surface area contributed by atoms with E-state index in [2.05, 4.69) is 10.2 Å². The van der Waals surface area contributed by atoms with Gasteiger partial charge in [0.1, 0.15) is 29.7 Å². The minimum absolute atomic E-state index is 0.127. The Morgan fingerprint density at radius 1 is 1.10 bits per heavy atom. The first kappa shape index (κ1) is 20.9. The van der Waals surface area contributed by atoms with Gasteiger partial charge >= 0.3 is 0 Å². The van der Waals surface area contributed by atoms with Gasteiger partial charge in [-0.15, -0.1) is 10.2 Å². The highest BCUT2D eigenvalue weighted by Gasteiger charge is 2.17. The fourth-order valence-corrected chi connectivity index (χ4v) is 3.57. The molecule has 29 heavy (non-hydrogen) atoms. The van der Waals surface area contributed by atoms with Crippen LogP contribution in [0, 0.1) is 5.82 Å². The van der Waals surface area contributed by atoms with Crippen LogP contribution >= 0.6 is 11.8 Å². The number of ether oxygens (including phenoxy) is 2. The van der Waals surface area contributed by atoms with E-state index in [4.69, 9.17) is 9.47 Å². The van der Waals surface area contributed by atoms with Crippen molar-refractivity contribution in [3.05, 3.63) is 60.2 Å². The lowest BCUT2D eigenvalue weighted by Gasteiger charge is -2.12. The molecular weight excluding hydrogens is 393 g/mol. The summed E-state index contributed by atoms with van der Waals surface area (Å²) in [6.07, 6.45) is 1.23. The summed E-state index contributed by atoms with van der Waals surface area (Å²) in [4.78, 5) is 11.1. The number of hydrogen-bond acceptors (Lipinski definition) is 6. The number of para-hydroxylation sites is 1. The fraction of sp³-hybridized carbons (Fsp3) is 0.286. The first-order valence-electron chi connectivity index (χ1n) is 9.16. The monoisotopic (exact) mass is 415 g/mol. The van der Waals surface area contributed by atoms with Crippen molar-refractivity contribution in [3.8, 4) is 17.2 Å². The zero-order valence-electron chi connectivity index (χ0n) is 16.3. The van der Waals surface area contributed by atoms with Gasteiger partial charge in [0, 0.05) is 12.2 Å². The normalized spacial score (nSPS) is 10.7. The third kappa shape index (κ3) is 5.57. The zero-order chi connectivity index (χ0) is 20.6. The van der Waals surface area contributed by atoms with Crippen molar-refractivity contribution in [3.63, 3.8) is 0 Å². The lowest BCUT2D eigenvalue weighted by Crippen LogP contribution is -2.08. The summed E-state index contributed by atoms with van der Waals surface area (Å²) in [5, 5.41) is 8.98. The highest BCUT2D eigenvalue weighted by Crippen LogP contribution is 2.26. The van der Waals surface area contributed by atoms with Crippen molar-refractivity contribution in [2.24, 2.45) is 0 Å². The summed E-state index contributed by atoms with van der Waals surface area (Å²) in [6.45, 7) is 1.70. The molecular formula is C21H22FN3O3S. The molecule has 3 rings (SSSR count). The molecule has 0 unspecified atom stereocenters. The summed E-state index contributed by atoms with van der Waals surface area (Å²) in [5.41, 5.74) is 0.361. The Kier molecular flexibility index (Phi) is 7.24. The third-order valence-corrected chi connectivity index (χ3v) is 5.14. The molecule has 0 fully saturated rings. The van der Waals surface area contributed by atoms with Gasteiger partial charge in [-0.3, -0.25) is 4.57 Å². The van der Waals surface area contributed by atoms with Gasteiger partial charge in [-0.25, -0.2) is 4.39 Å². The maximum atomic E-state index is 14.5. The molecule has 0 atom stereocenters. The summed E-state index contributed by atoms with van der Waals surface area (Å²) >= 11 is 1.44. The molecule has 1 heterocycles. The Bertz CT molecular complexity index is 960. The number of thioether (sulfide) groups is 1. The molecule has 0 aliphatic rings. The van der Waals surface area contributed by atoms with E-state index in [9.17, 15) is 9.18 Å². The third-order valence-electron chi connectivity index (χ3n) is 4.13. The summed E-state index contributed by atoms with van der Waals surface area (Å²) in [5.74, 6) is 2.32. The van der Waals surface area contributed by atoms with Crippen LogP contribution in [-0.4, -0.2) is 33.4 Å². The number of hydrogen-bond donors (Lipinski definition) is 0. The first-order valence-corrected chi connectivity index (χ1v) is 10.2. The molecule has 1 aromatic heterocycles. The largest absolute Gasteiger partial charge is 0.497 e. The Labute approximate surface area is 173 Å². The average Bonchev–Trinajstić information content (AvgIpc) is 3.13. The average molecular weight is 415 g/mol. The van der Waals surface area contributed by atoms with E-state index in [-0.39, 0.29) is 18.2 Å². The zero-order valence-corrected chi connectivity index (χ0v) is 17.1.